The second-order valence-corrected chi connectivity index (χ2v) is 5.54. The zero-order valence-electron chi connectivity index (χ0n) is 12.3. The van der Waals surface area contributed by atoms with Crippen molar-refractivity contribution in [3.63, 3.8) is 0 Å². The molecule has 5 nitrogen and oxygen atoms in total. The largest absolute Gasteiger partial charge is 0.457 e. The van der Waals surface area contributed by atoms with Crippen molar-refractivity contribution in [2.75, 3.05) is 4.90 Å². The average Bonchev–Trinajstić information content (AvgIpc) is 3.07. The topological polar surface area (TPSA) is 70.8 Å². The summed E-state index contributed by atoms with van der Waals surface area (Å²) in [6.07, 6.45) is 0. The Labute approximate surface area is 131 Å². The maximum atomic E-state index is 12.8. The van der Waals surface area contributed by atoms with Crippen molar-refractivity contribution in [3.8, 4) is 0 Å². The number of fused-ring (bicyclic) bond motifs is 2. The smallest absolute Gasteiger partial charge is 0.278 e. The van der Waals surface area contributed by atoms with Crippen LogP contribution in [0.1, 0.15) is 18.2 Å². The van der Waals surface area contributed by atoms with E-state index in [1.807, 2.05) is 18.2 Å². The van der Waals surface area contributed by atoms with Gasteiger partial charge in [-0.15, -0.1) is 0 Å². The van der Waals surface area contributed by atoms with Gasteiger partial charge in [-0.2, -0.15) is 0 Å². The van der Waals surface area contributed by atoms with Gasteiger partial charge in [0.25, 0.3) is 5.91 Å². The lowest BCUT2D eigenvalue weighted by Gasteiger charge is -2.19. The monoisotopic (exact) mass is 307 g/mol. The summed E-state index contributed by atoms with van der Waals surface area (Å²) < 4.78 is 5.70. The highest BCUT2D eigenvalue weighted by Crippen LogP contribution is 2.45. The molecule has 1 aromatic heterocycles. The lowest BCUT2D eigenvalue weighted by molar-refractivity contribution is -0.136. The maximum absolute atomic E-state index is 12.8. The van der Waals surface area contributed by atoms with Crippen LogP contribution in [-0.4, -0.2) is 16.9 Å². The molecule has 0 saturated heterocycles. The SMILES string of the molecule is CC(=O)N1C(=O)C(O)(c2cc3ccccc3o2)c2ccccc21. The van der Waals surface area contributed by atoms with Gasteiger partial charge in [0.15, 0.2) is 5.76 Å². The number of para-hydroxylation sites is 2. The van der Waals surface area contributed by atoms with E-state index >= 15 is 0 Å². The van der Waals surface area contributed by atoms with E-state index in [1.165, 1.54) is 6.92 Å². The summed E-state index contributed by atoms with van der Waals surface area (Å²) in [5.74, 6) is -1.06. The minimum atomic E-state index is -2.00. The fourth-order valence-corrected chi connectivity index (χ4v) is 3.07. The molecule has 1 unspecified atom stereocenters. The molecule has 0 spiro atoms. The van der Waals surface area contributed by atoms with E-state index in [0.717, 1.165) is 10.3 Å². The van der Waals surface area contributed by atoms with Gasteiger partial charge in [0.05, 0.1) is 5.69 Å². The van der Waals surface area contributed by atoms with Crippen molar-refractivity contribution in [1.82, 2.24) is 0 Å². The number of rotatable bonds is 1. The molecule has 2 heterocycles. The third-order valence-corrected chi connectivity index (χ3v) is 4.14. The minimum absolute atomic E-state index is 0.111. The highest BCUT2D eigenvalue weighted by atomic mass is 16.4. The van der Waals surface area contributed by atoms with Crippen molar-refractivity contribution in [2.24, 2.45) is 0 Å². The van der Waals surface area contributed by atoms with E-state index in [4.69, 9.17) is 4.42 Å². The summed E-state index contributed by atoms with van der Waals surface area (Å²) in [5.41, 5.74) is -0.698. The normalized spacial score (nSPS) is 20.1. The number of benzene rings is 2. The Bertz CT molecular complexity index is 925. The molecule has 0 radical (unpaired) electrons. The lowest BCUT2D eigenvalue weighted by Crippen LogP contribution is -2.42. The number of carbonyl (C=O) groups excluding carboxylic acids is 2. The Morgan fingerprint density at radius 2 is 1.83 bits per heavy atom. The third-order valence-electron chi connectivity index (χ3n) is 4.14. The Kier molecular flexibility index (Phi) is 2.71. The van der Waals surface area contributed by atoms with Gasteiger partial charge in [0, 0.05) is 17.9 Å². The molecule has 23 heavy (non-hydrogen) atoms. The molecule has 1 atom stereocenters. The number of carbonyl (C=O) groups is 2. The Hall–Kier alpha value is -2.92. The molecule has 0 saturated carbocycles. The van der Waals surface area contributed by atoms with Crippen LogP contribution in [-0.2, 0) is 15.2 Å². The first kappa shape index (κ1) is 13.7. The molecule has 3 aromatic rings. The van der Waals surface area contributed by atoms with Crippen LogP contribution in [0.25, 0.3) is 11.0 Å². The van der Waals surface area contributed by atoms with Crippen LogP contribution in [0.4, 0.5) is 5.69 Å². The molecule has 1 N–H and O–H groups in total. The van der Waals surface area contributed by atoms with E-state index < -0.39 is 17.4 Å². The van der Waals surface area contributed by atoms with Gasteiger partial charge in [0.2, 0.25) is 11.5 Å². The van der Waals surface area contributed by atoms with Crippen molar-refractivity contribution >= 4 is 28.5 Å². The minimum Gasteiger partial charge on any atom is -0.457 e. The number of amides is 2. The number of nitrogens with zero attached hydrogens (tertiary/aromatic N) is 1. The van der Waals surface area contributed by atoms with Crippen LogP contribution in [0.15, 0.2) is 59.0 Å². The molecular weight excluding hydrogens is 294 g/mol. The Morgan fingerprint density at radius 1 is 1.13 bits per heavy atom. The van der Waals surface area contributed by atoms with Crippen molar-refractivity contribution in [2.45, 2.75) is 12.5 Å². The number of anilines is 1. The fraction of sp³-hybridized carbons (Fsp3) is 0.111. The second-order valence-electron chi connectivity index (χ2n) is 5.54. The summed E-state index contributed by atoms with van der Waals surface area (Å²) in [7, 11) is 0. The summed E-state index contributed by atoms with van der Waals surface area (Å²) in [6, 6.07) is 15.6. The van der Waals surface area contributed by atoms with E-state index in [2.05, 4.69) is 0 Å². The number of furan rings is 1. The first-order valence-electron chi connectivity index (χ1n) is 7.19. The van der Waals surface area contributed by atoms with Gasteiger partial charge in [0.1, 0.15) is 5.58 Å². The van der Waals surface area contributed by atoms with E-state index in [1.54, 1.807) is 36.4 Å². The molecule has 0 bridgehead atoms. The molecular formula is C18H13NO4. The highest BCUT2D eigenvalue weighted by molar-refractivity contribution is 6.22. The Morgan fingerprint density at radius 3 is 2.57 bits per heavy atom. The van der Waals surface area contributed by atoms with Crippen molar-refractivity contribution < 1.29 is 19.1 Å². The zero-order valence-corrected chi connectivity index (χ0v) is 12.3. The summed E-state index contributed by atoms with van der Waals surface area (Å²) in [5, 5.41) is 11.9. The van der Waals surface area contributed by atoms with E-state index in [-0.39, 0.29) is 5.76 Å². The number of imide groups is 1. The van der Waals surface area contributed by atoms with Gasteiger partial charge in [-0.25, -0.2) is 4.90 Å². The number of aliphatic hydroxyl groups is 1. The molecule has 2 amide bonds. The molecule has 4 rings (SSSR count). The summed E-state index contributed by atoms with van der Waals surface area (Å²) >= 11 is 0. The highest BCUT2D eigenvalue weighted by Gasteiger charge is 2.54. The van der Waals surface area contributed by atoms with Crippen LogP contribution < -0.4 is 4.90 Å². The van der Waals surface area contributed by atoms with E-state index in [9.17, 15) is 14.7 Å². The van der Waals surface area contributed by atoms with Crippen molar-refractivity contribution in [3.05, 3.63) is 65.9 Å². The molecule has 1 aliphatic rings. The molecule has 5 heteroatoms. The molecule has 0 fully saturated rings. The first-order chi connectivity index (χ1) is 11.0. The lowest BCUT2D eigenvalue weighted by atomic mass is 9.92. The predicted octanol–water partition coefficient (Wildman–Crippen LogP) is 2.56. The fourth-order valence-electron chi connectivity index (χ4n) is 3.07. The van der Waals surface area contributed by atoms with Gasteiger partial charge >= 0.3 is 0 Å². The maximum Gasteiger partial charge on any atom is 0.278 e. The summed E-state index contributed by atoms with van der Waals surface area (Å²) in [6.45, 7) is 1.29. The van der Waals surface area contributed by atoms with E-state index in [0.29, 0.717) is 16.8 Å². The average molecular weight is 307 g/mol. The second kappa shape index (κ2) is 4.54. The van der Waals surface area contributed by atoms with Gasteiger partial charge in [-0.1, -0.05) is 36.4 Å². The molecule has 114 valence electrons. The standard InChI is InChI=1S/C18H13NO4/c1-11(20)19-14-8-4-3-7-13(14)18(22,17(19)21)16-10-12-6-2-5-9-15(12)23-16/h2-10,22H,1H3. The summed E-state index contributed by atoms with van der Waals surface area (Å²) in [4.78, 5) is 25.7. The molecule has 1 aliphatic heterocycles. The van der Waals surface area contributed by atoms with Crippen LogP contribution in [0, 0.1) is 0 Å². The first-order valence-corrected chi connectivity index (χ1v) is 7.19. The number of hydrogen-bond donors (Lipinski definition) is 1. The van der Waals surface area contributed by atoms with Crippen LogP contribution in [0.5, 0.6) is 0 Å². The molecule has 2 aromatic carbocycles. The third kappa shape index (κ3) is 1.71. The van der Waals surface area contributed by atoms with Crippen molar-refractivity contribution in [1.29, 1.82) is 0 Å². The Balaban J connectivity index is 1.99. The van der Waals surface area contributed by atoms with Crippen LogP contribution in [0.2, 0.25) is 0 Å². The van der Waals surface area contributed by atoms with Gasteiger partial charge in [-0.05, 0) is 18.2 Å². The predicted molar refractivity (Wildman–Crippen MR) is 83.8 cm³/mol. The number of hydrogen-bond acceptors (Lipinski definition) is 4. The van der Waals surface area contributed by atoms with Crippen LogP contribution >= 0.6 is 0 Å². The van der Waals surface area contributed by atoms with Gasteiger partial charge < -0.3 is 9.52 Å². The van der Waals surface area contributed by atoms with Crippen LogP contribution in [0.3, 0.4) is 0 Å². The molecule has 0 aliphatic carbocycles. The quantitative estimate of drug-likeness (QED) is 0.750. The zero-order chi connectivity index (χ0) is 16.2. The van der Waals surface area contributed by atoms with Gasteiger partial charge in [-0.3, -0.25) is 9.59 Å².